The van der Waals surface area contributed by atoms with Gasteiger partial charge in [0.1, 0.15) is 0 Å². The number of nitrogens with zero attached hydrogens (tertiary/aromatic N) is 2. The average Bonchev–Trinajstić information content (AvgIpc) is 2.65. The van der Waals surface area contributed by atoms with E-state index in [1.54, 1.807) is 18.0 Å². The largest absolute Gasteiger partial charge is 0.490 e. The Morgan fingerprint density at radius 3 is 2.76 bits per heavy atom. The van der Waals surface area contributed by atoms with E-state index >= 15 is 0 Å². The van der Waals surface area contributed by atoms with Gasteiger partial charge >= 0.3 is 5.69 Å². The second-order valence-corrected chi connectivity index (χ2v) is 6.17. The number of aryl methyl sites for hydroxylation is 1. The molecule has 1 atom stereocenters. The van der Waals surface area contributed by atoms with E-state index in [1.807, 2.05) is 12.1 Å². The molecule has 0 N–H and O–H groups in total. The third kappa shape index (κ3) is 3.20. The van der Waals surface area contributed by atoms with Crippen molar-refractivity contribution in [2.75, 3.05) is 14.2 Å². The van der Waals surface area contributed by atoms with Crippen molar-refractivity contribution >= 4 is 11.6 Å². The van der Waals surface area contributed by atoms with Gasteiger partial charge < -0.3 is 9.64 Å². The van der Waals surface area contributed by atoms with Crippen LogP contribution in [0.25, 0.3) is 0 Å². The number of nitro benzene ring substituents is 1. The molecule has 0 aliphatic heterocycles. The molecular formula is C19H20N2O4. The number of methoxy groups -OCH3 is 1. The van der Waals surface area contributed by atoms with Gasteiger partial charge in [-0.3, -0.25) is 14.9 Å². The zero-order chi connectivity index (χ0) is 18.0. The normalized spacial score (nSPS) is 16.0. The molecule has 25 heavy (non-hydrogen) atoms. The van der Waals surface area contributed by atoms with Crippen molar-refractivity contribution in [3.8, 4) is 5.75 Å². The molecule has 1 amide bonds. The van der Waals surface area contributed by atoms with Crippen molar-refractivity contribution in [3.63, 3.8) is 0 Å². The molecule has 0 saturated heterocycles. The Balaban J connectivity index is 1.91. The Hall–Kier alpha value is -2.89. The first-order valence-corrected chi connectivity index (χ1v) is 8.20. The zero-order valence-electron chi connectivity index (χ0n) is 14.3. The molecule has 0 saturated carbocycles. The Morgan fingerprint density at radius 1 is 1.28 bits per heavy atom. The molecule has 0 unspecified atom stereocenters. The first kappa shape index (κ1) is 17.0. The van der Waals surface area contributed by atoms with Crippen LogP contribution < -0.4 is 4.74 Å². The van der Waals surface area contributed by atoms with E-state index in [4.69, 9.17) is 4.74 Å². The topological polar surface area (TPSA) is 72.7 Å². The van der Waals surface area contributed by atoms with Crippen molar-refractivity contribution in [2.45, 2.75) is 25.3 Å². The molecule has 0 spiro atoms. The van der Waals surface area contributed by atoms with Crippen molar-refractivity contribution in [2.24, 2.45) is 0 Å². The van der Waals surface area contributed by atoms with Crippen molar-refractivity contribution in [3.05, 3.63) is 69.3 Å². The third-order valence-corrected chi connectivity index (χ3v) is 4.75. The highest BCUT2D eigenvalue weighted by Crippen LogP contribution is 2.35. The summed E-state index contributed by atoms with van der Waals surface area (Å²) in [4.78, 5) is 25.2. The minimum Gasteiger partial charge on any atom is -0.490 e. The van der Waals surface area contributed by atoms with Gasteiger partial charge in [-0.25, -0.2) is 0 Å². The van der Waals surface area contributed by atoms with Crippen LogP contribution in [0.15, 0.2) is 42.5 Å². The van der Waals surface area contributed by atoms with Gasteiger partial charge in [0.2, 0.25) is 0 Å². The fourth-order valence-corrected chi connectivity index (χ4v) is 3.44. The number of carbonyl (C=O) groups excluding carboxylic acids is 1. The smallest absolute Gasteiger partial charge is 0.311 e. The lowest BCUT2D eigenvalue weighted by molar-refractivity contribution is -0.385. The molecule has 6 heteroatoms. The molecule has 6 nitrogen and oxygen atoms in total. The summed E-state index contributed by atoms with van der Waals surface area (Å²) in [6, 6.07) is 12.4. The molecule has 0 heterocycles. The van der Waals surface area contributed by atoms with Crippen LogP contribution in [-0.4, -0.2) is 29.9 Å². The van der Waals surface area contributed by atoms with E-state index < -0.39 is 4.92 Å². The van der Waals surface area contributed by atoms with Gasteiger partial charge in [0.05, 0.1) is 18.1 Å². The van der Waals surface area contributed by atoms with Crippen LogP contribution in [0.1, 0.15) is 40.4 Å². The van der Waals surface area contributed by atoms with Crippen LogP contribution in [0, 0.1) is 10.1 Å². The number of fused-ring (bicyclic) bond motifs is 1. The van der Waals surface area contributed by atoms with Crippen LogP contribution in [0.3, 0.4) is 0 Å². The number of carbonyl (C=O) groups is 1. The van der Waals surface area contributed by atoms with Crippen LogP contribution in [-0.2, 0) is 6.42 Å². The molecule has 0 aromatic heterocycles. The quantitative estimate of drug-likeness (QED) is 0.627. The molecule has 0 fully saturated rings. The predicted octanol–water partition coefficient (Wildman–Crippen LogP) is 3.75. The van der Waals surface area contributed by atoms with Gasteiger partial charge in [0.15, 0.2) is 5.75 Å². The molecule has 3 rings (SSSR count). The maximum absolute atomic E-state index is 12.9. The zero-order valence-corrected chi connectivity index (χ0v) is 14.3. The molecule has 1 aliphatic carbocycles. The van der Waals surface area contributed by atoms with E-state index in [0.717, 1.165) is 24.8 Å². The first-order valence-electron chi connectivity index (χ1n) is 8.20. The highest BCUT2D eigenvalue weighted by atomic mass is 16.6. The standard InChI is InChI=1S/C19H20N2O4/c1-20(16-9-5-7-13-6-3-4-8-15(13)16)19(22)14-10-11-18(25-2)17(12-14)21(23)24/h3-4,6,8,10-12,16H,5,7,9H2,1-2H3/t16-/m0/s1. The first-order chi connectivity index (χ1) is 12.0. The molecule has 1 aliphatic rings. The molecule has 2 aromatic carbocycles. The monoisotopic (exact) mass is 340 g/mol. The number of nitro groups is 1. The number of hydrogen-bond acceptors (Lipinski definition) is 4. The summed E-state index contributed by atoms with van der Waals surface area (Å²) in [5.41, 5.74) is 2.51. The summed E-state index contributed by atoms with van der Waals surface area (Å²) in [5, 5.41) is 11.2. The third-order valence-electron chi connectivity index (χ3n) is 4.75. The summed E-state index contributed by atoms with van der Waals surface area (Å²) >= 11 is 0. The summed E-state index contributed by atoms with van der Waals surface area (Å²) < 4.78 is 5.00. The number of rotatable bonds is 4. The number of benzene rings is 2. The molecule has 130 valence electrons. The second kappa shape index (κ2) is 6.93. The van der Waals surface area contributed by atoms with Crippen LogP contribution in [0.4, 0.5) is 5.69 Å². The SMILES string of the molecule is COc1ccc(C(=O)N(C)[C@H]2CCCc3ccccc32)cc1[N+](=O)[O-]. The van der Waals surface area contributed by atoms with Gasteiger partial charge in [-0.05, 0) is 42.5 Å². The molecular weight excluding hydrogens is 320 g/mol. The lowest BCUT2D eigenvalue weighted by atomic mass is 9.87. The van der Waals surface area contributed by atoms with Crippen molar-refractivity contribution < 1.29 is 14.5 Å². The number of amides is 1. The maximum Gasteiger partial charge on any atom is 0.311 e. The summed E-state index contributed by atoms with van der Waals surface area (Å²) in [6.45, 7) is 0. The van der Waals surface area contributed by atoms with Gasteiger partial charge in [-0.2, -0.15) is 0 Å². The van der Waals surface area contributed by atoms with E-state index in [0.29, 0.717) is 0 Å². The summed E-state index contributed by atoms with van der Waals surface area (Å²) in [6.07, 6.45) is 2.92. The lowest BCUT2D eigenvalue weighted by Crippen LogP contribution is -2.33. The van der Waals surface area contributed by atoms with Crippen LogP contribution in [0.5, 0.6) is 5.75 Å². The summed E-state index contributed by atoms with van der Waals surface area (Å²) in [5.74, 6) is -0.0836. The van der Waals surface area contributed by atoms with E-state index in [1.165, 1.54) is 24.8 Å². The average molecular weight is 340 g/mol. The highest BCUT2D eigenvalue weighted by molar-refractivity contribution is 5.95. The lowest BCUT2D eigenvalue weighted by Gasteiger charge is -2.33. The maximum atomic E-state index is 12.9. The minimum absolute atomic E-state index is 0.0152. The van der Waals surface area contributed by atoms with Gasteiger partial charge in [-0.1, -0.05) is 24.3 Å². The van der Waals surface area contributed by atoms with Gasteiger partial charge in [0.25, 0.3) is 5.91 Å². The fraction of sp³-hybridized carbons (Fsp3) is 0.316. The van der Waals surface area contributed by atoms with Gasteiger partial charge in [0, 0.05) is 18.7 Å². The Labute approximate surface area is 146 Å². The van der Waals surface area contributed by atoms with Gasteiger partial charge in [-0.15, -0.1) is 0 Å². The Kier molecular flexibility index (Phi) is 4.70. The van der Waals surface area contributed by atoms with E-state index in [2.05, 4.69) is 12.1 Å². The predicted molar refractivity (Wildman–Crippen MR) is 93.9 cm³/mol. The van der Waals surface area contributed by atoms with Crippen molar-refractivity contribution in [1.82, 2.24) is 4.90 Å². The Bertz CT molecular complexity index is 819. The molecule has 2 aromatic rings. The Morgan fingerprint density at radius 2 is 2.04 bits per heavy atom. The van der Waals surface area contributed by atoms with E-state index in [9.17, 15) is 14.9 Å². The fourth-order valence-electron chi connectivity index (χ4n) is 3.44. The summed E-state index contributed by atoms with van der Waals surface area (Å²) in [7, 11) is 3.13. The molecule has 0 bridgehead atoms. The number of hydrogen-bond donors (Lipinski definition) is 0. The van der Waals surface area contributed by atoms with Crippen molar-refractivity contribution in [1.29, 1.82) is 0 Å². The number of ether oxygens (including phenoxy) is 1. The molecule has 0 radical (unpaired) electrons. The minimum atomic E-state index is -0.536. The highest BCUT2D eigenvalue weighted by Gasteiger charge is 2.28. The van der Waals surface area contributed by atoms with Crippen LogP contribution >= 0.6 is 0 Å². The van der Waals surface area contributed by atoms with E-state index in [-0.39, 0.29) is 28.9 Å². The second-order valence-electron chi connectivity index (χ2n) is 6.17. The van der Waals surface area contributed by atoms with Crippen LogP contribution in [0.2, 0.25) is 0 Å².